The molecular weight excluding hydrogens is 344 g/mol. The number of hydrogen-bond donors (Lipinski definition) is 0. The normalized spacial score (nSPS) is 21.4. The molecule has 1 aromatic heterocycles. The number of fused-ring (bicyclic) bond motifs is 2. The minimum atomic E-state index is -0.580. The molecule has 3 heterocycles. The molecule has 2 aliphatic rings. The predicted octanol–water partition coefficient (Wildman–Crippen LogP) is 2.01. The molecular formula is C20H32N4O3. The Balaban J connectivity index is 1.77. The fourth-order valence-corrected chi connectivity index (χ4v) is 4.20. The number of imidazole rings is 1. The maximum Gasteiger partial charge on any atom is 0.253 e. The van der Waals surface area contributed by atoms with E-state index in [9.17, 15) is 9.59 Å². The summed E-state index contributed by atoms with van der Waals surface area (Å²) in [6.45, 7) is 11.2. The minimum absolute atomic E-state index is 0.0389. The molecule has 0 aromatic carbocycles. The highest BCUT2D eigenvalue weighted by Gasteiger charge is 2.48. The quantitative estimate of drug-likeness (QED) is 0.788. The van der Waals surface area contributed by atoms with Gasteiger partial charge in [0.25, 0.3) is 5.91 Å². The molecule has 1 atom stereocenters. The molecule has 1 saturated heterocycles. The van der Waals surface area contributed by atoms with Crippen LogP contribution >= 0.6 is 0 Å². The Labute approximate surface area is 161 Å². The molecule has 2 aliphatic heterocycles. The third-order valence-corrected chi connectivity index (χ3v) is 5.71. The first-order valence-electron chi connectivity index (χ1n) is 10.2. The highest BCUT2D eigenvalue weighted by atomic mass is 16.5. The number of aromatic nitrogens is 2. The summed E-state index contributed by atoms with van der Waals surface area (Å²) < 4.78 is 8.50. The molecule has 0 aliphatic carbocycles. The van der Waals surface area contributed by atoms with E-state index in [0.29, 0.717) is 57.9 Å². The third kappa shape index (κ3) is 3.88. The summed E-state index contributed by atoms with van der Waals surface area (Å²) in [5, 5.41) is 0. The molecule has 1 spiro atoms. The van der Waals surface area contributed by atoms with Gasteiger partial charge in [0, 0.05) is 57.8 Å². The first-order valence-corrected chi connectivity index (χ1v) is 10.2. The van der Waals surface area contributed by atoms with Crippen LogP contribution in [0.5, 0.6) is 0 Å². The van der Waals surface area contributed by atoms with Gasteiger partial charge < -0.3 is 19.1 Å². The fourth-order valence-electron chi connectivity index (χ4n) is 4.20. The van der Waals surface area contributed by atoms with Gasteiger partial charge in [-0.2, -0.15) is 0 Å². The minimum Gasteiger partial charge on any atom is -0.352 e. The zero-order valence-corrected chi connectivity index (χ0v) is 17.0. The van der Waals surface area contributed by atoms with Crippen LogP contribution in [0.2, 0.25) is 0 Å². The maximum absolute atomic E-state index is 12.9. The molecule has 150 valence electrons. The fraction of sp³-hybridized carbons (Fsp3) is 0.750. The molecule has 1 fully saturated rings. The van der Waals surface area contributed by atoms with Gasteiger partial charge in [0.1, 0.15) is 11.4 Å². The first-order chi connectivity index (χ1) is 12.9. The summed E-state index contributed by atoms with van der Waals surface area (Å²) in [4.78, 5) is 33.6. The van der Waals surface area contributed by atoms with Gasteiger partial charge >= 0.3 is 0 Å². The van der Waals surface area contributed by atoms with Gasteiger partial charge in [-0.25, -0.2) is 4.98 Å². The van der Waals surface area contributed by atoms with Crippen molar-refractivity contribution in [2.24, 2.45) is 5.92 Å². The second kappa shape index (κ2) is 8.00. The SMILES string of the molecule is CCN(CC)C(=O)[C@H]1Cn2ccnc2C2(CCN(C(=O)CC(C)C)CC2)O1. The van der Waals surface area contributed by atoms with Gasteiger partial charge in [-0.1, -0.05) is 13.8 Å². The van der Waals surface area contributed by atoms with Crippen LogP contribution in [-0.2, 0) is 26.5 Å². The van der Waals surface area contributed by atoms with Crippen LogP contribution in [0.25, 0.3) is 0 Å². The van der Waals surface area contributed by atoms with E-state index in [1.54, 1.807) is 6.20 Å². The Hall–Kier alpha value is -1.89. The molecule has 1 aromatic rings. The lowest BCUT2D eigenvalue weighted by Gasteiger charge is -2.46. The zero-order valence-electron chi connectivity index (χ0n) is 17.0. The third-order valence-electron chi connectivity index (χ3n) is 5.71. The van der Waals surface area contributed by atoms with Crippen molar-refractivity contribution in [3.8, 4) is 0 Å². The Morgan fingerprint density at radius 3 is 2.56 bits per heavy atom. The molecule has 7 heteroatoms. The number of rotatable bonds is 5. The number of hydrogen-bond acceptors (Lipinski definition) is 4. The summed E-state index contributed by atoms with van der Waals surface area (Å²) in [5.41, 5.74) is -0.580. The molecule has 0 unspecified atom stereocenters. The van der Waals surface area contributed by atoms with Crippen molar-refractivity contribution in [2.45, 2.75) is 65.2 Å². The summed E-state index contributed by atoms with van der Waals surface area (Å²) in [6.07, 6.45) is 5.14. The van der Waals surface area contributed by atoms with E-state index >= 15 is 0 Å². The zero-order chi connectivity index (χ0) is 19.6. The van der Waals surface area contributed by atoms with E-state index in [4.69, 9.17) is 4.74 Å². The largest absolute Gasteiger partial charge is 0.352 e. The van der Waals surface area contributed by atoms with Crippen LogP contribution < -0.4 is 0 Å². The van der Waals surface area contributed by atoms with Gasteiger partial charge in [0.2, 0.25) is 5.91 Å². The van der Waals surface area contributed by atoms with E-state index in [2.05, 4.69) is 23.4 Å². The number of amides is 2. The Morgan fingerprint density at radius 1 is 1.30 bits per heavy atom. The first kappa shape index (κ1) is 19.9. The van der Waals surface area contributed by atoms with Crippen molar-refractivity contribution in [1.82, 2.24) is 19.4 Å². The number of carbonyl (C=O) groups is 2. The number of piperidine rings is 1. The topological polar surface area (TPSA) is 67.7 Å². The summed E-state index contributed by atoms with van der Waals surface area (Å²) in [7, 11) is 0. The van der Waals surface area contributed by atoms with Crippen molar-refractivity contribution in [3.63, 3.8) is 0 Å². The van der Waals surface area contributed by atoms with E-state index in [-0.39, 0.29) is 11.8 Å². The van der Waals surface area contributed by atoms with Crippen LogP contribution in [0, 0.1) is 5.92 Å². The van der Waals surface area contributed by atoms with Crippen LogP contribution in [-0.4, -0.2) is 63.4 Å². The van der Waals surface area contributed by atoms with Gasteiger partial charge in [-0.05, 0) is 19.8 Å². The average Bonchev–Trinajstić information content (AvgIpc) is 3.12. The summed E-state index contributed by atoms with van der Waals surface area (Å²) in [5.74, 6) is 1.49. The van der Waals surface area contributed by atoms with Crippen molar-refractivity contribution >= 4 is 11.8 Å². The molecule has 0 bridgehead atoms. The maximum atomic E-state index is 12.9. The van der Waals surface area contributed by atoms with E-state index < -0.39 is 11.7 Å². The van der Waals surface area contributed by atoms with Gasteiger partial charge in [-0.15, -0.1) is 0 Å². The highest BCUT2D eigenvalue weighted by molar-refractivity contribution is 5.81. The van der Waals surface area contributed by atoms with Gasteiger partial charge in [0.15, 0.2) is 6.10 Å². The number of likely N-dealkylation sites (N-methyl/N-ethyl adjacent to an activating group) is 1. The number of likely N-dealkylation sites (tertiary alicyclic amines) is 1. The van der Waals surface area contributed by atoms with Crippen molar-refractivity contribution in [3.05, 3.63) is 18.2 Å². The molecule has 0 radical (unpaired) electrons. The smallest absolute Gasteiger partial charge is 0.253 e. The van der Waals surface area contributed by atoms with Crippen molar-refractivity contribution in [2.75, 3.05) is 26.2 Å². The van der Waals surface area contributed by atoms with E-state index in [1.807, 2.05) is 29.8 Å². The molecule has 0 N–H and O–H groups in total. The number of nitrogens with zero attached hydrogens (tertiary/aromatic N) is 4. The summed E-state index contributed by atoms with van der Waals surface area (Å²) in [6, 6.07) is 0. The monoisotopic (exact) mass is 376 g/mol. The number of carbonyl (C=O) groups excluding carboxylic acids is 2. The van der Waals surface area contributed by atoms with Crippen LogP contribution in [0.3, 0.4) is 0 Å². The molecule has 3 rings (SSSR count). The average molecular weight is 377 g/mol. The second-order valence-electron chi connectivity index (χ2n) is 7.99. The molecule has 2 amide bonds. The van der Waals surface area contributed by atoms with Crippen molar-refractivity contribution < 1.29 is 14.3 Å². The Bertz CT molecular complexity index is 673. The summed E-state index contributed by atoms with van der Waals surface area (Å²) >= 11 is 0. The van der Waals surface area contributed by atoms with E-state index in [0.717, 1.165) is 5.82 Å². The predicted molar refractivity (Wildman–Crippen MR) is 102 cm³/mol. The Kier molecular flexibility index (Phi) is 5.89. The number of ether oxygens (including phenoxy) is 1. The standard InChI is InChI=1S/C20H32N4O3/c1-5-22(6-2)18(26)16-14-24-12-9-21-19(24)20(27-16)7-10-23(11-8-20)17(25)13-15(3)4/h9,12,15-16H,5-8,10-11,13-14H2,1-4H3/t16-/m1/s1. The lowest BCUT2D eigenvalue weighted by atomic mass is 9.88. The van der Waals surface area contributed by atoms with E-state index in [1.165, 1.54) is 0 Å². The lowest BCUT2D eigenvalue weighted by molar-refractivity contribution is -0.182. The van der Waals surface area contributed by atoms with Crippen LogP contribution in [0.15, 0.2) is 12.4 Å². The van der Waals surface area contributed by atoms with Crippen LogP contribution in [0.4, 0.5) is 0 Å². The Morgan fingerprint density at radius 2 is 1.96 bits per heavy atom. The lowest BCUT2D eigenvalue weighted by Crippen LogP contribution is -2.55. The van der Waals surface area contributed by atoms with Gasteiger partial charge in [-0.3, -0.25) is 9.59 Å². The molecule has 27 heavy (non-hydrogen) atoms. The highest BCUT2D eigenvalue weighted by Crippen LogP contribution is 2.40. The van der Waals surface area contributed by atoms with Crippen LogP contribution in [0.1, 0.15) is 52.8 Å². The second-order valence-corrected chi connectivity index (χ2v) is 7.99. The molecule has 7 nitrogen and oxygen atoms in total. The molecule has 0 saturated carbocycles. The van der Waals surface area contributed by atoms with Gasteiger partial charge in [0.05, 0.1) is 6.54 Å². The van der Waals surface area contributed by atoms with Crippen molar-refractivity contribution in [1.29, 1.82) is 0 Å².